The molecule has 1 amide bonds. The minimum Gasteiger partial charge on any atom is -0.493 e. The Hall–Kier alpha value is -3.76. The highest BCUT2D eigenvalue weighted by atomic mass is 32.1. The number of benzene rings is 2. The van der Waals surface area contributed by atoms with Gasteiger partial charge in [-0.25, -0.2) is 4.79 Å². The van der Waals surface area contributed by atoms with Crippen LogP contribution < -0.4 is 29.6 Å². The number of carbonyl (C=O) groups is 2. The molecule has 194 valence electrons. The number of thiophene rings is 1. The van der Waals surface area contributed by atoms with Crippen LogP contribution in [0.15, 0.2) is 36.4 Å². The second-order valence-electron chi connectivity index (χ2n) is 8.75. The average molecular weight is 524 g/mol. The highest BCUT2D eigenvalue weighted by molar-refractivity contribution is 7.16. The molecule has 1 aromatic heterocycles. The number of likely N-dealkylation sites (N-methyl/N-ethyl adjacent to an activating group) is 1. The lowest BCUT2D eigenvalue weighted by Gasteiger charge is -2.28. The van der Waals surface area contributed by atoms with Gasteiger partial charge in [0.15, 0.2) is 11.5 Å². The predicted molar refractivity (Wildman–Crippen MR) is 140 cm³/mol. The van der Waals surface area contributed by atoms with Crippen LogP contribution in [0, 0.1) is 0 Å². The zero-order valence-electron chi connectivity index (χ0n) is 21.2. The highest BCUT2D eigenvalue weighted by Crippen LogP contribution is 2.41. The number of esters is 1. The Kier molecular flexibility index (Phi) is 6.94. The summed E-state index contributed by atoms with van der Waals surface area (Å²) in [4.78, 5) is 29.5. The largest absolute Gasteiger partial charge is 0.493 e. The molecule has 1 unspecified atom stereocenters. The van der Waals surface area contributed by atoms with Gasteiger partial charge in [0.05, 0.1) is 32.5 Å². The van der Waals surface area contributed by atoms with Gasteiger partial charge in [0.25, 0.3) is 5.91 Å². The van der Waals surface area contributed by atoms with E-state index in [1.165, 1.54) is 43.9 Å². The lowest BCUT2D eigenvalue weighted by molar-refractivity contribution is 0.0733. The van der Waals surface area contributed by atoms with Crippen LogP contribution in [-0.4, -0.2) is 51.2 Å². The zero-order chi connectivity index (χ0) is 26.1. The first-order valence-electron chi connectivity index (χ1n) is 12.0. The number of nitrogens with one attached hydrogen (secondary N) is 2. The Morgan fingerprint density at radius 3 is 2.38 bits per heavy atom. The summed E-state index contributed by atoms with van der Waals surface area (Å²) in [7, 11) is 4.46. The van der Waals surface area contributed by atoms with E-state index in [1.54, 1.807) is 23.5 Å². The molecule has 0 radical (unpaired) electrons. The molecule has 0 saturated heterocycles. The molecule has 0 bridgehead atoms. The van der Waals surface area contributed by atoms with E-state index in [0.717, 1.165) is 42.2 Å². The van der Waals surface area contributed by atoms with Crippen LogP contribution in [0.5, 0.6) is 23.0 Å². The van der Waals surface area contributed by atoms with Gasteiger partial charge >= 0.3 is 5.97 Å². The first-order chi connectivity index (χ1) is 17.9. The lowest BCUT2D eigenvalue weighted by atomic mass is 10.0. The van der Waals surface area contributed by atoms with Crippen LogP contribution in [0.25, 0.3) is 0 Å². The van der Waals surface area contributed by atoms with Crippen molar-refractivity contribution in [2.75, 3.05) is 39.7 Å². The van der Waals surface area contributed by atoms with Gasteiger partial charge in [-0.05, 0) is 48.4 Å². The topological polar surface area (TPSA) is 98.4 Å². The number of hydrogen-bond acceptors (Lipinski definition) is 9. The fourth-order valence-corrected chi connectivity index (χ4v) is 6.01. The summed E-state index contributed by atoms with van der Waals surface area (Å²) >= 11 is 1.66. The summed E-state index contributed by atoms with van der Waals surface area (Å²) in [5.74, 6) is 0.868. The second kappa shape index (κ2) is 10.3. The molecule has 2 aromatic carbocycles. The summed E-state index contributed by atoms with van der Waals surface area (Å²) < 4.78 is 21.5. The zero-order valence-corrected chi connectivity index (χ0v) is 22.0. The van der Waals surface area contributed by atoms with E-state index >= 15 is 0 Å². The van der Waals surface area contributed by atoms with Crippen molar-refractivity contribution in [3.63, 3.8) is 0 Å². The van der Waals surface area contributed by atoms with Crippen LogP contribution in [0.4, 0.5) is 5.00 Å². The van der Waals surface area contributed by atoms with Gasteiger partial charge in [0, 0.05) is 18.0 Å². The molecule has 37 heavy (non-hydrogen) atoms. The van der Waals surface area contributed by atoms with Crippen molar-refractivity contribution in [2.45, 2.75) is 26.1 Å². The number of amides is 1. The third-order valence-electron chi connectivity index (χ3n) is 6.69. The Morgan fingerprint density at radius 1 is 1.05 bits per heavy atom. The number of fused-ring (bicyclic) bond motifs is 3. The van der Waals surface area contributed by atoms with Crippen LogP contribution in [0.2, 0.25) is 0 Å². The average Bonchev–Trinajstić information content (AvgIpc) is 3.30. The van der Waals surface area contributed by atoms with Crippen molar-refractivity contribution in [3.8, 4) is 23.0 Å². The Morgan fingerprint density at radius 2 is 1.76 bits per heavy atom. The maximum absolute atomic E-state index is 13.0. The molecule has 9 nitrogen and oxygen atoms in total. The molecule has 10 heteroatoms. The highest BCUT2D eigenvalue weighted by Gasteiger charge is 2.33. The smallest absolute Gasteiger partial charge is 0.343 e. The molecule has 3 heterocycles. The van der Waals surface area contributed by atoms with Crippen molar-refractivity contribution in [3.05, 3.63) is 63.5 Å². The molecule has 0 aliphatic carbocycles. The minimum absolute atomic E-state index is 0.0564. The summed E-state index contributed by atoms with van der Waals surface area (Å²) in [6.07, 6.45) is 0.517. The Bertz CT molecular complexity index is 1310. The van der Waals surface area contributed by atoms with E-state index in [4.69, 9.17) is 18.9 Å². The molecule has 0 fully saturated rings. The SMILES string of the molecule is CCN1CCc2c(sc3c2C(=O)NC(c2ccc(OC(=O)c4cc(OC)c(OC)c(OC)c4)cc2)N3)C1. The number of carbonyl (C=O) groups excluding carboxylic acids is 2. The third-order valence-corrected chi connectivity index (χ3v) is 7.83. The molecule has 1 atom stereocenters. The number of hydrogen-bond donors (Lipinski definition) is 2. The second-order valence-corrected chi connectivity index (χ2v) is 9.86. The van der Waals surface area contributed by atoms with Gasteiger partial charge in [-0.1, -0.05) is 19.1 Å². The third kappa shape index (κ3) is 4.70. The van der Waals surface area contributed by atoms with Gasteiger partial charge in [0.1, 0.15) is 16.9 Å². The Balaban J connectivity index is 1.30. The molecule has 2 aliphatic heterocycles. The van der Waals surface area contributed by atoms with E-state index in [0.29, 0.717) is 23.0 Å². The number of nitrogens with zero attached hydrogens (tertiary/aromatic N) is 1. The molecule has 2 N–H and O–H groups in total. The lowest BCUT2D eigenvalue weighted by Crippen LogP contribution is -2.38. The van der Waals surface area contributed by atoms with Crippen molar-refractivity contribution in [1.82, 2.24) is 10.2 Å². The Labute approximate surface area is 219 Å². The van der Waals surface area contributed by atoms with E-state index in [1.807, 2.05) is 12.1 Å². The van der Waals surface area contributed by atoms with Crippen LogP contribution in [0.3, 0.4) is 0 Å². The predicted octanol–water partition coefficient (Wildman–Crippen LogP) is 4.23. The van der Waals surface area contributed by atoms with Gasteiger partial charge in [-0.3, -0.25) is 9.69 Å². The number of rotatable bonds is 7. The van der Waals surface area contributed by atoms with Crippen molar-refractivity contribution in [1.29, 1.82) is 0 Å². The molecule has 3 aromatic rings. The van der Waals surface area contributed by atoms with Crippen molar-refractivity contribution >= 4 is 28.2 Å². The van der Waals surface area contributed by atoms with E-state index in [-0.39, 0.29) is 17.6 Å². The molecular formula is C27H29N3O6S. The van der Waals surface area contributed by atoms with E-state index in [2.05, 4.69) is 22.5 Å². The summed E-state index contributed by atoms with van der Waals surface area (Å²) in [5.41, 5.74) is 3.06. The van der Waals surface area contributed by atoms with Crippen LogP contribution in [0.1, 0.15) is 49.8 Å². The van der Waals surface area contributed by atoms with E-state index in [9.17, 15) is 9.59 Å². The first kappa shape index (κ1) is 24.9. The fourth-order valence-electron chi connectivity index (χ4n) is 4.70. The first-order valence-corrected chi connectivity index (χ1v) is 12.8. The van der Waals surface area contributed by atoms with Gasteiger partial charge in [-0.15, -0.1) is 11.3 Å². The molecule has 5 rings (SSSR count). The fraction of sp³-hybridized carbons (Fsp3) is 0.333. The minimum atomic E-state index is -0.564. The van der Waals surface area contributed by atoms with Gasteiger partial charge in [0.2, 0.25) is 5.75 Å². The maximum atomic E-state index is 13.0. The van der Waals surface area contributed by atoms with E-state index < -0.39 is 5.97 Å². The monoisotopic (exact) mass is 523 g/mol. The molecular weight excluding hydrogens is 494 g/mol. The van der Waals surface area contributed by atoms with Gasteiger partial charge < -0.3 is 29.6 Å². The van der Waals surface area contributed by atoms with Gasteiger partial charge in [-0.2, -0.15) is 0 Å². The quantitative estimate of drug-likeness (QED) is 0.351. The normalized spacial score (nSPS) is 16.6. The standard InChI is InChI=1S/C27H29N3O6S/c1-5-30-11-10-18-21(14-30)37-26-22(18)25(31)28-24(29-26)15-6-8-17(9-7-15)36-27(32)16-12-19(33-2)23(35-4)20(13-16)34-3/h6-9,12-13,24,29H,5,10-11,14H2,1-4H3,(H,28,31). The number of methoxy groups -OCH3 is 3. The summed E-state index contributed by atoms with van der Waals surface area (Å²) in [6, 6.07) is 10.1. The van der Waals surface area contributed by atoms with Crippen molar-refractivity contribution in [2.24, 2.45) is 0 Å². The summed E-state index contributed by atoms with van der Waals surface area (Å²) in [5, 5.41) is 7.46. The number of anilines is 1. The van der Waals surface area contributed by atoms with Crippen LogP contribution in [-0.2, 0) is 13.0 Å². The number of ether oxygens (including phenoxy) is 4. The maximum Gasteiger partial charge on any atom is 0.343 e. The molecule has 2 aliphatic rings. The van der Waals surface area contributed by atoms with Crippen LogP contribution >= 0.6 is 11.3 Å². The van der Waals surface area contributed by atoms with Crippen molar-refractivity contribution < 1.29 is 28.5 Å². The summed E-state index contributed by atoms with van der Waals surface area (Å²) in [6.45, 7) is 5.01. The molecule has 0 spiro atoms. The molecule has 0 saturated carbocycles.